The Morgan fingerprint density at radius 2 is 1.47 bits per heavy atom. The van der Waals surface area contributed by atoms with Crippen LogP contribution in [-0.2, 0) is 26.2 Å². The van der Waals surface area contributed by atoms with Gasteiger partial charge >= 0.3 is 0 Å². The first-order chi connectivity index (χ1) is 17.8. The number of sulfonamides is 1. The molecule has 7 nitrogen and oxygen atoms in total. The molecule has 2 amide bonds. The first-order valence-corrected chi connectivity index (χ1v) is 14.2. The summed E-state index contributed by atoms with van der Waals surface area (Å²) in [7, 11) is -4.23. The second kappa shape index (κ2) is 12.2. The van der Waals surface area contributed by atoms with Crippen molar-refractivity contribution in [3.05, 3.63) is 94.5 Å². The lowest BCUT2D eigenvalue weighted by molar-refractivity contribution is -0.140. The third kappa shape index (κ3) is 7.28. The van der Waals surface area contributed by atoms with Crippen LogP contribution < -0.4 is 9.62 Å². The van der Waals surface area contributed by atoms with E-state index < -0.39 is 34.1 Å². The minimum atomic E-state index is -4.23. The molecule has 0 heterocycles. The van der Waals surface area contributed by atoms with Gasteiger partial charge in [0.25, 0.3) is 10.0 Å². The summed E-state index contributed by atoms with van der Waals surface area (Å²) in [5.74, 6) is -0.944. The number of amides is 2. The molecule has 0 aromatic heterocycles. The lowest BCUT2D eigenvalue weighted by Gasteiger charge is -2.33. The van der Waals surface area contributed by atoms with Crippen LogP contribution in [-0.4, -0.2) is 43.3 Å². The van der Waals surface area contributed by atoms with Crippen LogP contribution in [0.5, 0.6) is 0 Å². The summed E-state index contributed by atoms with van der Waals surface area (Å²) in [6, 6.07) is 20.6. The minimum Gasteiger partial charge on any atom is -0.350 e. The zero-order chi connectivity index (χ0) is 28.1. The summed E-state index contributed by atoms with van der Waals surface area (Å²) in [5.41, 5.74) is 0.321. The van der Waals surface area contributed by atoms with Crippen molar-refractivity contribution < 1.29 is 18.0 Å². The zero-order valence-electron chi connectivity index (χ0n) is 21.7. The number of hydrogen-bond acceptors (Lipinski definition) is 4. The maximum atomic E-state index is 13.9. The Bertz CT molecular complexity index is 1380. The molecule has 0 aliphatic rings. The van der Waals surface area contributed by atoms with Crippen molar-refractivity contribution in [3.8, 4) is 0 Å². The summed E-state index contributed by atoms with van der Waals surface area (Å²) in [4.78, 5) is 28.3. The predicted octanol–water partition coefficient (Wildman–Crippen LogP) is 5.52. The fourth-order valence-electron chi connectivity index (χ4n) is 3.75. The second-order valence-corrected chi connectivity index (χ2v) is 12.5. The quantitative estimate of drug-likeness (QED) is 0.364. The molecule has 0 aliphatic heterocycles. The molecule has 0 saturated carbocycles. The van der Waals surface area contributed by atoms with Gasteiger partial charge in [-0.05, 0) is 57.5 Å². The average Bonchev–Trinajstić information content (AvgIpc) is 2.87. The van der Waals surface area contributed by atoms with Crippen LogP contribution in [0.15, 0.2) is 83.8 Å². The summed E-state index contributed by atoms with van der Waals surface area (Å²) < 4.78 is 28.5. The van der Waals surface area contributed by atoms with E-state index in [0.717, 1.165) is 9.87 Å². The van der Waals surface area contributed by atoms with E-state index in [1.54, 1.807) is 31.2 Å². The van der Waals surface area contributed by atoms with Crippen LogP contribution in [0.2, 0.25) is 10.0 Å². The molecular formula is C28H31Cl2N3O4S. The topological polar surface area (TPSA) is 86.8 Å². The van der Waals surface area contributed by atoms with Gasteiger partial charge in [-0.25, -0.2) is 8.42 Å². The van der Waals surface area contributed by atoms with Gasteiger partial charge in [-0.2, -0.15) is 0 Å². The molecule has 10 heteroatoms. The monoisotopic (exact) mass is 575 g/mol. The van der Waals surface area contributed by atoms with Crippen molar-refractivity contribution in [2.45, 2.75) is 50.7 Å². The maximum Gasteiger partial charge on any atom is 0.264 e. The van der Waals surface area contributed by atoms with E-state index in [9.17, 15) is 18.0 Å². The first-order valence-electron chi connectivity index (χ1n) is 12.0. The Labute approximate surface area is 234 Å². The van der Waals surface area contributed by atoms with Gasteiger partial charge in [0.15, 0.2) is 0 Å². The zero-order valence-corrected chi connectivity index (χ0v) is 24.0. The molecule has 3 aromatic rings. The number of anilines is 1. The predicted molar refractivity (Wildman–Crippen MR) is 152 cm³/mol. The Morgan fingerprint density at radius 1 is 0.895 bits per heavy atom. The van der Waals surface area contributed by atoms with Gasteiger partial charge in [0.05, 0.1) is 20.6 Å². The van der Waals surface area contributed by atoms with E-state index in [-0.39, 0.29) is 33.1 Å². The highest BCUT2D eigenvalue weighted by molar-refractivity contribution is 7.92. The van der Waals surface area contributed by atoms with E-state index in [1.807, 2.05) is 51.1 Å². The van der Waals surface area contributed by atoms with E-state index in [4.69, 9.17) is 23.2 Å². The molecule has 0 unspecified atom stereocenters. The first kappa shape index (κ1) is 29.5. The van der Waals surface area contributed by atoms with E-state index in [1.165, 1.54) is 29.2 Å². The van der Waals surface area contributed by atoms with E-state index >= 15 is 0 Å². The van der Waals surface area contributed by atoms with Gasteiger partial charge < -0.3 is 10.2 Å². The Morgan fingerprint density at radius 3 is 2.05 bits per heavy atom. The summed E-state index contributed by atoms with van der Waals surface area (Å²) in [6.07, 6.45) is 0. The Kier molecular flexibility index (Phi) is 9.46. The standard InChI is InChI=1S/C28H31Cl2N3O4S/c1-20(27(35)31-28(2,3)4)32(18-21-12-7-5-8-13-21)25(34)19-33(24-17-11-16-23(29)26(24)30)38(36,37)22-14-9-6-10-15-22/h5-17,20H,18-19H2,1-4H3,(H,31,35)/t20-/m0/s1. The molecule has 1 N–H and O–H groups in total. The summed E-state index contributed by atoms with van der Waals surface area (Å²) in [6.45, 7) is 6.64. The van der Waals surface area contributed by atoms with Crippen LogP contribution >= 0.6 is 23.2 Å². The van der Waals surface area contributed by atoms with Gasteiger partial charge in [-0.3, -0.25) is 13.9 Å². The molecule has 0 aliphatic carbocycles. The van der Waals surface area contributed by atoms with Crippen LogP contribution in [0.3, 0.4) is 0 Å². The van der Waals surface area contributed by atoms with E-state index in [2.05, 4.69) is 5.32 Å². The van der Waals surface area contributed by atoms with Crippen LogP contribution in [0, 0.1) is 0 Å². The third-order valence-corrected chi connectivity index (χ3v) is 8.25. The fourth-order valence-corrected chi connectivity index (χ4v) is 5.65. The summed E-state index contributed by atoms with van der Waals surface area (Å²) in [5, 5.41) is 3.03. The highest BCUT2D eigenvalue weighted by Crippen LogP contribution is 2.35. The molecule has 0 spiro atoms. The number of carbonyl (C=O) groups excluding carboxylic acids is 2. The van der Waals surface area contributed by atoms with Crippen LogP contribution in [0.4, 0.5) is 5.69 Å². The number of carbonyl (C=O) groups is 2. The molecule has 1 atom stereocenters. The molecule has 202 valence electrons. The van der Waals surface area contributed by atoms with Crippen molar-refractivity contribution >= 4 is 50.7 Å². The number of rotatable bonds is 9. The second-order valence-electron chi connectivity index (χ2n) is 9.82. The normalized spacial score (nSPS) is 12.5. The smallest absolute Gasteiger partial charge is 0.264 e. The molecule has 3 aromatic carbocycles. The SMILES string of the molecule is C[C@@H](C(=O)NC(C)(C)C)N(Cc1ccccc1)C(=O)CN(c1cccc(Cl)c1Cl)S(=O)(=O)c1ccccc1. The summed E-state index contributed by atoms with van der Waals surface area (Å²) >= 11 is 12.6. The largest absolute Gasteiger partial charge is 0.350 e. The van der Waals surface area contributed by atoms with Crippen LogP contribution in [0.1, 0.15) is 33.3 Å². The van der Waals surface area contributed by atoms with Crippen molar-refractivity contribution in [1.29, 1.82) is 0 Å². The third-order valence-electron chi connectivity index (χ3n) is 5.67. The Balaban J connectivity index is 2.06. The number of nitrogens with one attached hydrogen (secondary N) is 1. The lowest BCUT2D eigenvalue weighted by Crippen LogP contribution is -2.54. The lowest BCUT2D eigenvalue weighted by atomic mass is 10.1. The molecule has 38 heavy (non-hydrogen) atoms. The molecule has 0 fully saturated rings. The number of benzene rings is 3. The maximum absolute atomic E-state index is 13.9. The van der Waals surface area contributed by atoms with Gasteiger partial charge in [0.2, 0.25) is 11.8 Å². The number of halogens is 2. The minimum absolute atomic E-state index is 0.00499. The van der Waals surface area contributed by atoms with Gasteiger partial charge in [-0.1, -0.05) is 77.8 Å². The van der Waals surface area contributed by atoms with E-state index in [0.29, 0.717) is 0 Å². The molecule has 0 bridgehead atoms. The molecule has 0 saturated heterocycles. The molecule has 0 radical (unpaired) electrons. The van der Waals surface area contributed by atoms with Crippen molar-refractivity contribution in [1.82, 2.24) is 10.2 Å². The fraction of sp³-hybridized carbons (Fsp3) is 0.286. The van der Waals surface area contributed by atoms with Gasteiger partial charge in [-0.15, -0.1) is 0 Å². The highest BCUT2D eigenvalue weighted by Gasteiger charge is 2.34. The highest BCUT2D eigenvalue weighted by atomic mass is 35.5. The molecule has 3 rings (SSSR count). The average molecular weight is 577 g/mol. The van der Waals surface area contributed by atoms with Crippen molar-refractivity contribution in [3.63, 3.8) is 0 Å². The van der Waals surface area contributed by atoms with Crippen molar-refractivity contribution in [2.24, 2.45) is 0 Å². The van der Waals surface area contributed by atoms with Crippen LogP contribution in [0.25, 0.3) is 0 Å². The van der Waals surface area contributed by atoms with Gasteiger partial charge in [0, 0.05) is 12.1 Å². The molecular weight excluding hydrogens is 545 g/mol. The Hall–Kier alpha value is -3.07. The number of hydrogen-bond donors (Lipinski definition) is 1. The number of nitrogens with zero attached hydrogens (tertiary/aromatic N) is 2. The van der Waals surface area contributed by atoms with Crippen molar-refractivity contribution in [2.75, 3.05) is 10.8 Å². The van der Waals surface area contributed by atoms with Gasteiger partial charge in [0.1, 0.15) is 12.6 Å².